The molecule has 0 bridgehead atoms. The Kier molecular flexibility index (Phi) is 4.65. The highest BCUT2D eigenvalue weighted by molar-refractivity contribution is 5.67. The van der Waals surface area contributed by atoms with Crippen molar-refractivity contribution in [3.05, 3.63) is 36.0 Å². The number of aromatic nitrogens is 2. The van der Waals surface area contributed by atoms with E-state index in [-0.39, 0.29) is 5.82 Å². The standard InChI is InChI=1S/C13H14FN3O3/c1-2-19-13(18)15-8-7-11-16-12(17-20-11)9-3-5-10(14)6-4-9/h3-6H,2,7-8H2,1H3,(H,15,18). The lowest BCUT2D eigenvalue weighted by Crippen LogP contribution is -2.26. The topological polar surface area (TPSA) is 77.2 Å². The smallest absolute Gasteiger partial charge is 0.407 e. The first-order valence-electron chi connectivity index (χ1n) is 6.18. The molecule has 7 heteroatoms. The van der Waals surface area contributed by atoms with Crippen molar-refractivity contribution in [2.75, 3.05) is 13.2 Å². The summed E-state index contributed by atoms with van der Waals surface area (Å²) in [6, 6.07) is 5.79. The van der Waals surface area contributed by atoms with Crippen LogP contribution in [0.15, 0.2) is 28.8 Å². The molecule has 20 heavy (non-hydrogen) atoms. The number of nitrogens with one attached hydrogen (secondary N) is 1. The van der Waals surface area contributed by atoms with Gasteiger partial charge in [-0.2, -0.15) is 4.98 Å². The summed E-state index contributed by atoms with van der Waals surface area (Å²) < 4.78 is 22.6. The molecule has 1 amide bonds. The van der Waals surface area contributed by atoms with Crippen LogP contribution in [0.5, 0.6) is 0 Å². The van der Waals surface area contributed by atoms with E-state index in [2.05, 4.69) is 15.5 Å². The van der Waals surface area contributed by atoms with Crippen LogP contribution in [0.4, 0.5) is 9.18 Å². The Morgan fingerprint density at radius 1 is 1.40 bits per heavy atom. The Hall–Kier alpha value is -2.44. The minimum Gasteiger partial charge on any atom is -0.450 e. The largest absolute Gasteiger partial charge is 0.450 e. The average Bonchev–Trinajstić information content (AvgIpc) is 2.89. The number of halogens is 1. The van der Waals surface area contributed by atoms with E-state index in [0.717, 1.165) is 0 Å². The first-order chi connectivity index (χ1) is 9.69. The quantitative estimate of drug-likeness (QED) is 0.907. The van der Waals surface area contributed by atoms with Gasteiger partial charge in [-0.25, -0.2) is 9.18 Å². The van der Waals surface area contributed by atoms with Gasteiger partial charge in [0.05, 0.1) is 6.61 Å². The molecule has 0 atom stereocenters. The molecular formula is C13H14FN3O3. The molecule has 1 N–H and O–H groups in total. The molecule has 0 radical (unpaired) electrons. The zero-order valence-corrected chi connectivity index (χ0v) is 10.9. The lowest BCUT2D eigenvalue weighted by molar-refractivity contribution is 0.152. The Balaban J connectivity index is 1.89. The molecule has 0 aliphatic heterocycles. The second-order valence-corrected chi connectivity index (χ2v) is 3.92. The van der Waals surface area contributed by atoms with Gasteiger partial charge >= 0.3 is 6.09 Å². The molecule has 0 fully saturated rings. The van der Waals surface area contributed by atoms with Crippen molar-refractivity contribution < 1.29 is 18.4 Å². The van der Waals surface area contributed by atoms with Gasteiger partial charge in [-0.05, 0) is 31.2 Å². The third kappa shape index (κ3) is 3.78. The van der Waals surface area contributed by atoms with Crippen molar-refractivity contribution in [1.82, 2.24) is 15.5 Å². The molecule has 106 valence electrons. The fraction of sp³-hybridized carbons (Fsp3) is 0.308. The molecule has 0 unspecified atom stereocenters. The normalized spacial score (nSPS) is 10.3. The second-order valence-electron chi connectivity index (χ2n) is 3.92. The van der Waals surface area contributed by atoms with E-state index in [1.54, 1.807) is 19.1 Å². The molecule has 1 heterocycles. The minimum absolute atomic E-state index is 0.321. The third-order valence-electron chi connectivity index (χ3n) is 2.45. The van der Waals surface area contributed by atoms with E-state index in [0.29, 0.717) is 36.9 Å². The van der Waals surface area contributed by atoms with Crippen LogP contribution in [-0.2, 0) is 11.2 Å². The molecule has 6 nitrogen and oxygen atoms in total. The van der Waals surface area contributed by atoms with Crippen LogP contribution in [-0.4, -0.2) is 29.4 Å². The van der Waals surface area contributed by atoms with Gasteiger partial charge in [0, 0.05) is 18.5 Å². The number of ether oxygens (including phenoxy) is 1. The van der Waals surface area contributed by atoms with E-state index in [9.17, 15) is 9.18 Å². The monoisotopic (exact) mass is 279 g/mol. The van der Waals surface area contributed by atoms with E-state index in [1.807, 2.05) is 0 Å². The fourth-order valence-corrected chi connectivity index (χ4v) is 1.53. The summed E-state index contributed by atoms with van der Waals surface area (Å²) in [5, 5.41) is 6.35. The number of carbonyl (C=O) groups is 1. The highest BCUT2D eigenvalue weighted by Gasteiger charge is 2.09. The Morgan fingerprint density at radius 3 is 2.85 bits per heavy atom. The summed E-state index contributed by atoms with van der Waals surface area (Å²) in [4.78, 5) is 15.2. The molecule has 1 aromatic heterocycles. The molecular weight excluding hydrogens is 265 g/mol. The average molecular weight is 279 g/mol. The van der Waals surface area contributed by atoms with E-state index >= 15 is 0 Å². The molecule has 0 aliphatic carbocycles. The minimum atomic E-state index is -0.481. The second kappa shape index (κ2) is 6.65. The van der Waals surface area contributed by atoms with Crippen molar-refractivity contribution >= 4 is 6.09 Å². The van der Waals surface area contributed by atoms with Gasteiger partial charge in [-0.1, -0.05) is 5.16 Å². The van der Waals surface area contributed by atoms with Crippen LogP contribution in [0.1, 0.15) is 12.8 Å². The molecule has 0 aliphatic rings. The number of alkyl carbamates (subject to hydrolysis) is 1. The van der Waals surface area contributed by atoms with Gasteiger partial charge in [0.2, 0.25) is 11.7 Å². The zero-order valence-electron chi connectivity index (χ0n) is 10.9. The lowest BCUT2D eigenvalue weighted by Gasteiger charge is -2.02. The third-order valence-corrected chi connectivity index (χ3v) is 2.45. The number of rotatable bonds is 5. The number of hydrogen-bond donors (Lipinski definition) is 1. The highest BCUT2D eigenvalue weighted by atomic mass is 19.1. The molecule has 0 spiro atoms. The number of carbonyl (C=O) groups excluding carboxylic acids is 1. The van der Waals surface area contributed by atoms with Gasteiger partial charge in [-0.15, -0.1) is 0 Å². The molecule has 2 rings (SSSR count). The summed E-state index contributed by atoms with van der Waals surface area (Å²) in [5.74, 6) is 0.452. The van der Waals surface area contributed by atoms with Gasteiger partial charge in [0.15, 0.2) is 0 Å². The summed E-state index contributed by atoms with van der Waals surface area (Å²) in [6.45, 7) is 2.39. The van der Waals surface area contributed by atoms with Crippen molar-refractivity contribution in [3.63, 3.8) is 0 Å². The van der Waals surface area contributed by atoms with Gasteiger partial charge in [-0.3, -0.25) is 0 Å². The number of hydrogen-bond acceptors (Lipinski definition) is 5. The van der Waals surface area contributed by atoms with Crippen molar-refractivity contribution in [2.45, 2.75) is 13.3 Å². The van der Waals surface area contributed by atoms with Crippen LogP contribution in [0.25, 0.3) is 11.4 Å². The molecule has 0 saturated carbocycles. The SMILES string of the molecule is CCOC(=O)NCCc1nc(-c2ccc(F)cc2)no1. The lowest BCUT2D eigenvalue weighted by atomic mass is 10.2. The van der Waals surface area contributed by atoms with E-state index < -0.39 is 6.09 Å². The Bertz CT molecular complexity index is 568. The zero-order chi connectivity index (χ0) is 14.4. The van der Waals surface area contributed by atoms with Crippen LogP contribution in [0, 0.1) is 5.82 Å². The summed E-state index contributed by atoms with van der Waals surface area (Å²) in [5.41, 5.74) is 0.666. The van der Waals surface area contributed by atoms with Crippen molar-refractivity contribution in [2.24, 2.45) is 0 Å². The van der Waals surface area contributed by atoms with Gasteiger partial charge in [0.1, 0.15) is 5.82 Å². The first kappa shape index (κ1) is 14.0. The predicted molar refractivity (Wildman–Crippen MR) is 68.4 cm³/mol. The van der Waals surface area contributed by atoms with Crippen LogP contribution in [0.2, 0.25) is 0 Å². The number of amides is 1. The van der Waals surface area contributed by atoms with Gasteiger partial charge < -0.3 is 14.6 Å². The fourth-order valence-electron chi connectivity index (χ4n) is 1.53. The van der Waals surface area contributed by atoms with Crippen LogP contribution >= 0.6 is 0 Å². The molecule has 2 aromatic rings. The maximum atomic E-state index is 12.8. The first-order valence-corrected chi connectivity index (χ1v) is 6.18. The number of nitrogens with zero attached hydrogens (tertiary/aromatic N) is 2. The van der Waals surface area contributed by atoms with Crippen molar-refractivity contribution in [1.29, 1.82) is 0 Å². The Labute approximate surface area is 114 Å². The summed E-state index contributed by atoms with van der Waals surface area (Å²) >= 11 is 0. The van der Waals surface area contributed by atoms with E-state index in [4.69, 9.17) is 9.26 Å². The number of benzene rings is 1. The predicted octanol–water partition coefficient (Wildman–Crippen LogP) is 2.16. The maximum Gasteiger partial charge on any atom is 0.407 e. The van der Waals surface area contributed by atoms with E-state index in [1.165, 1.54) is 12.1 Å². The summed E-state index contributed by atoms with van der Waals surface area (Å²) in [6.07, 6.45) is -0.0849. The molecule has 0 saturated heterocycles. The highest BCUT2D eigenvalue weighted by Crippen LogP contribution is 2.16. The van der Waals surface area contributed by atoms with Crippen LogP contribution < -0.4 is 5.32 Å². The molecule has 1 aromatic carbocycles. The summed E-state index contributed by atoms with van der Waals surface area (Å²) in [7, 11) is 0. The van der Waals surface area contributed by atoms with Crippen molar-refractivity contribution in [3.8, 4) is 11.4 Å². The Morgan fingerprint density at radius 2 is 2.15 bits per heavy atom. The maximum absolute atomic E-state index is 12.8. The van der Waals surface area contributed by atoms with Crippen LogP contribution in [0.3, 0.4) is 0 Å². The van der Waals surface area contributed by atoms with Gasteiger partial charge in [0.25, 0.3) is 0 Å².